The van der Waals surface area contributed by atoms with Crippen LogP contribution >= 0.6 is 12.2 Å². The molecule has 3 aromatic rings. The van der Waals surface area contributed by atoms with E-state index >= 15 is 0 Å². The maximum Gasteiger partial charge on any atom is 0.194 e. The molecular formula is C19H18N4S. The van der Waals surface area contributed by atoms with Crippen LogP contribution in [-0.2, 0) is 6.42 Å². The van der Waals surface area contributed by atoms with Crippen LogP contribution in [0.25, 0.3) is 10.9 Å². The fraction of sp³-hybridized carbons (Fsp3) is 0.158. The van der Waals surface area contributed by atoms with Gasteiger partial charge in [-0.2, -0.15) is 5.10 Å². The summed E-state index contributed by atoms with van der Waals surface area (Å²) in [6.07, 6.45) is 5.97. The topological polar surface area (TPSA) is 43.4 Å². The number of aromatic amines is 1. The predicted molar refractivity (Wildman–Crippen MR) is 104 cm³/mol. The molecule has 0 amide bonds. The van der Waals surface area contributed by atoms with Crippen molar-refractivity contribution in [1.82, 2.24) is 10.4 Å². The number of aryl methyl sites for hydroxylation is 1. The second-order valence-electron chi connectivity index (χ2n) is 5.85. The summed E-state index contributed by atoms with van der Waals surface area (Å²) < 4.78 is 0. The Morgan fingerprint density at radius 1 is 1.17 bits per heavy atom. The van der Waals surface area contributed by atoms with Crippen molar-refractivity contribution >= 4 is 40.1 Å². The summed E-state index contributed by atoms with van der Waals surface area (Å²) >= 11 is 5.53. The minimum atomic E-state index is 0.637. The van der Waals surface area contributed by atoms with Gasteiger partial charge in [0.15, 0.2) is 5.11 Å². The Morgan fingerprint density at radius 2 is 2.00 bits per heavy atom. The van der Waals surface area contributed by atoms with Crippen LogP contribution in [0.15, 0.2) is 59.8 Å². The number of hydrogen-bond acceptors (Lipinski definition) is 2. The molecule has 0 unspecified atom stereocenters. The standard InChI is InChI=1S/C19H18N4S/c24-19(23-11-5-7-14-6-1-4-10-18(14)23)22-21-13-15-12-20-17-9-3-2-8-16(15)17/h1-4,6,8-10,12-13,20H,5,7,11H2,(H,22,24)/b21-13-. The van der Waals surface area contributed by atoms with Crippen LogP contribution in [-0.4, -0.2) is 22.9 Å². The molecular weight excluding hydrogens is 316 g/mol. The van der Waals surface area contributed by atoms with Crippen LogP contribution in [0.5, 0.6) is 0 Å². The number of benzene rings is 2. The van der Waals surface area contributed by atoms with Crippen molar-refractivity contribution in [2.75, 3.05) is 11.4 Å². The van der Waals surface area contributed by atoms with E-state index in [0.29, 0.717) is 5.11 Å². The van der Waals surface area contributed by atoms with Gasteiger partial charge in [0.25, 0.3) is 0 Å². The molecule has 0 fully saturated rings. The lowest BCUT2D eigenvalue weighted by Gasteiger charge is -2.30. The first-order chi connectivity index (χ1) is 11.8. The average Bonchev–Trinajstić information content (AvgIpc) is 3.04. The Labute approximate surface area is 146 Å². The smallest absolute Gasteiger partial charge is 0.194 e. The van der Waals surface area contributed by atoms with E-state index in [9.17, 15) is 0 Å². The van der Waals surface area contributed by atoms with Crippen molar-refractivity contribution in [2.24, 2.45) is 5.10 Å². The molecule has 2 aromatic carbocycles. The minimum absolute atomic E-state index is 0.637. The van der Waals surface area contributed by atoms with Gasteiger partial charge in [0.05, 0.1) is 6.21 Å². The monoisotopic (exact) mass is 334 g/mol. The van der Waals surface area contributed by atoms with Gasteiger partial charge in [-0.15, -0.1) is 0 Å². The van der Waals surface area contributed by atoms with Gasteiger partial charge in [0.2, 0.25) is 0 Å². The molecule has 120 valence electrons. The predicted octanol–water partition coefficient (Wildman–Crippen LogP) is 3.83. The minimum Gasteiger partial charge on any atom is -0.361 e. The zero-order valence-corrected chi connectivity index (χ0v) is 14.0. The lowest BCUT2D eigenvalue weighted by Crippen LogP contribution is -2.40. The Hall–Kier alpha value is -2.66. The average molecular weight is 334 g/mol. The highest BCUT2D eigenvalue weighted by Gasteiger charge is 2.19. The van der Waals surface area contributed by atoms with Crippen LogP contribution in [0.3, 0.4) is 0 Å². The third kappa shape index (κ3) is 2.78. The zero-order valence-electron chi connectivity index (χ0n) is 13.2. The molecule has 0 saturated carbocycles. The third-order valence-corrected chi connectivity index (χ3v) is 4.65. The van der Waals surface area contributed by atoms with E-state index in [1.54, 1.807) is 6.21 Å². The normalized spacial score (nSPS) is 14.1. The van der Waals surface area contributed by atoms with E-state index in [1.165, 1.54) is 11.3 Å². The molecule has 4 nitrogen and oxygen atoms in total. The number of nitrogens with zero attached hydrogens (tertiary/aromatic N) is 2. The molecule has 0 atom stereocenters. The van der Waals surface area contributed by atoms with Gasteiger partial charge < -0.3 is 9.88 Å². The lowest BCUT2D eigenvalue weighted by atomic mass is 10.0. The highest BCUT2D eigenvalue weighted by Crippen LogP contribution is 2.26. The summed E-state index contributed by atoms with van der Waals surface area (Å²) in [5.41, 5.74) is 7.68. The molecule has 1 aliphatic heterocycles. The summed E-state index contributed by atoms with van der Waals surface area (Å²) in [5.74, 6) is 0. The van der Waals surface area contributed by atoms with E-state index in [4.69, 9.17) is 12.2 Å². The van der Waals surface area contributed by atoms with Gasteiger partial charge in [-0.25, -0.2) is 0 Å². The van der Waals surface area contributed by atoms with Crippen LogP contribution < -0.4 is 10.3 Å². The maximum absolute atomic E-state index is 5.53. The van der Waals surface area contributed by atoms with Gasteiger partial charge in [-0.05, 0) is 42.8 Å². The van der Waals surface area contributed by atoms with Crippen molar-refractivity contribution in [3.63, 3.8) is 0 Å². The number of hydrogen-bond donors (Lipinski definition) is 2. The number of anilines is 1. The molecule has 5 heteroatoms. The lowest BCUT2D eigenvalue weighted by molar-refractivity contribution is 0.769. The first-order valence-electron chi connectivity index (χ1n) is 8.07. The molecule has 0 bridgehead atoms. The Kier molecular flexibility index (Phi) is 4.01. The van der Waals surface area contributed by atoms with Gasteiger partial charge >= 0.3 is 0 Å². The Balaban J connectivity index is 1.49. The molecule has 0 saturated heterocycles. The van der Waals surface area contributed by atoms with Gasteiger partial charge in [-0.3, -0.25) is 5.43 Å². The number of thiocarbonyl (C=S) groups is 1. The summed E-state index contributed by atoms with van der Waals surface area (Å²) in [4.78, 5) is 5.37. The number of fused-ring (bicyclic) bond motifs is 2. The fourth-order valence-corrected chi connectivity index (χ4v) is 3.41. The van der Waals surface area contributed by atoms with E-state index in [1.807, 2.05) is 18.3 Å². The van der Waals surface area contributed by atoms with E-state index < -0.39 is 0 Å². The largest absolute Gasteiger partial charge is 0.361 e. The van der Waals surface area contributed by atoms with Crippen molar-refractivity contribution in [3.8, 4) is 0 Å². The van der Waals surface area contributed by atoms with Crippen LogP contribution in [0.1, 0.15) is 17.5 Å². The van der Waals surface area contributed by atoms with Crippen molar-refractivity contribution in [3.05, 3.63) is 65.9 Å². The van der Waals surface area contributed by atoms with Crippen LogP contribution in [0.4, 0.5) is 5.69 Å². The third-order valence-electron chi connectivity index (χ3n) is 4.34. The number of para-hydroxylation sites is 2. The van der Waals surface area contributed by atoms with Gasteiger partial charge in [0.1, 0.15) is 0 Å². The van der Waals surface area contributed by atoms with E-state index in [2.05, 4.69) is 56.8 Å². The zero-order chi connectivity index (χ0) is 16.4. The quantitative estimate of drug-likeness (QED) is 0.425. The number of hydrazone groups is 1. The molecule has 4 rings (SSSR count). The highest BCUT2D eigenvalue weighted by atomic mass is 32.1. The Bertz CT molecular complexity index is 912. The second-order valence-corrected chi connectivity index (χ2v) is 6.24. The molecule has 0 radical (unpaired) electrons. The number of nitrogens with one attached hydrogen (secondary N) is 2. The Morgan fingerprint density at radius 3 is 2.96 bits per heavy atom. The molecule has 2 N–H and O–H groups in total. The number of H-pyrrole nitrogens is 1. The van der Waals surface area contributed by atoms with Crippen molar-refractivity contribution in [2.45, 2.75) is 12.8 Å². The molecule has 24 heavy (non-hydrogen) atoms. The highest BCUT2D eigenvalue weighted by molar-refractivity contribution is 7.80. The SMILES string of the molecule is S=C(N/N=C\c1c[nH]c2ccccc12)N1CCCc2ccccc21. The van der Waals surface area contributed by atoms with Gasteiger partial charge in [0, 0.05) is 34.9 Å². The summed E-state index contributed by atoms with van der Waals surface area (Å²) in [6.45, 7) is 0.922. The summed E-state index contributed by atoms with van der Waals surface area (Å²) in [5, 5.41) is 6.12. The summed E-state index contributed by atoms with van der Waals surface area (Å²) in [6, 6.07) is 16.6. The van der Waals surface area contributed by atoms with Crippen LogP contribution in [0.2, 0.25) is 0 Å². The first kappa shape index (κ1) is 14.9. The van der Waals surface area contributed by atoms with Crippen molar-refractivity contribution in [1.29, 1.82) is 0 Å². The van der Waals surface area contributed by atoms with E-state index in [0.717, 1.165) is 35.9 Å². The maximum atomic E-state index is 5.53. The second kappa shape index (κ2) is 6.45. The summed E-state index contributed by atoms with van der Waals surface area (Å²) in [7, 11) is 0. The molecule has 0 aliphatic carbocycles. The fourth-order valence-electron chi connectivity index (χ4n) is 3.16. The van der Waals surface area contributed by atoms with Crippen LogP contribution in [0, 0.1) is 0 Å². The molecule has 2 heterocycles. The van der Waals surface area contributed by atoms with E-state index in [-0.39, 0.29) is 0 Å². The molecule has 1 aliphatic rings. The molecule has 0 spiro atoms. The number of aromatic nitrogens is 1. The van der Waals surface area contributed by atoms with Gasteiger partial charge in [-0.1, -0.05) is 36.4 Å². The number of rotatable bonds is 2. The van der Waals surface area contributed by atoms with Crippen molar-refractivity contribution < 1.29 is 0 Å². The molecule has 1 aromatic heterocycles. The first-order valence-corrected chi connectivity index (χ1v) is 8.48.